The molecule has 1 aromatic heterocycles. The Morgan fingerprint density at radius 3 is 2.74 bits per heavy atom. The summed E-state index contributed by atoms with van der Waals surface area (Å²) in [6, 6.07) is 16.7. The quantitative estimate of drug-likeness (QED) is 0.651. The van der Waals surface area contributed by atoms with Crippen LogP contribution in [0.25, 0.3) is 10.9 Å². The van der Waals surface area contributed by atoms with E-state index in [1.54, 1.807) is 12.1 Å². The highest BCUT2D eigenvalue weighted by atomic mass is 19.1. The minimum absolute atomic E-state index is 0.0856. The van der Waals surface area contributed by atoms with E-state index >= 15 is 0 Å². The molecule has 5 nitrogen and oxygen atoms in total. The molecule has 0 bridgehead atoms. The third-order valence-corrected chi connectivity index (χ3v) is 5.03. The molecule has 0 radical (unpaired) electrons. The van der Waals surface area contributed by atoms with Gasteiger partial charge in [0.2, 0.25) is 5.91 Å². The number of carbonyl (C=O) groups excluding carboxylic acids is 1. The number of aryl methyl sites for hydroxylation is 1. The van der Waals surface area contributed by atoms with Crippen LogP contribution in [0, 0.1) is 5.82 Å². The number of rotatable bonds is 5. The largest absolute Gasteiger partial charge is 0.343 e. The predicted molar refractivity (Wildman–Crippen MR) is 103 cm³/mol. The number of benzene rings is 2. The van der Waals surface area contributed by atoms with Crippen molar-refractivity contribution in [3.05, 3.63) is 71.7 Å². The van der Waals surface area contributed by atoms with Crippen molar-refractivity contribution < 1.29 is 9.18 Å². The van der Waals surface area contributed by atoms with E-state index in [-0.39, 0.29) is 30.4 Å². The maximum atomic E-state index is 13.0. The van der Waals surface area contributed by atoms with Crippen molar-refractivity contribution in [2.45, 2.75) is 38.5 Å². The highest BCUT2D eigenvalue weighted by molar-refractivity contribution is 5.81. The third-order valence-electron chi connectivity index (χ3n) is 5.03. The molecular weight excluding hydrogens is 343 g/mol. The number of hydrogen-bond acceptors (Lipinski definition) is 3. The van der Waals surface area contributed by atoms with Gasteiger partial charge in [0.05, 0.1) is 18.6 Å². The number of nitrogens with one attached hydrogen (secondary N) is 3. The summed E-state index contributed by atoms with van der Waals surface area (Å²) in [4.78, 5) is 12.3. The number of para-hydroxylation sites is 1. The third kappa shape index (κ3) is 3.72. The molecule has 2 aromatic carbocycles. The lowest BCUT2D eigenvalue weighted by atomic mass is 10.1. The molecule has 140 valence electrons. The monoisotopic (exact) mass is 366 g/mol. The molecule has 3 aromatic rings. The number of nitrogens with zero attached hydrogens (tertiary/aromatic N) is 1. The second-order valence-corrected chi connectivity index (χ2v) is 6.87. The number of fused-ring (bicyclic) bond motifs is 1. The average molecular weight is 366 g/mol. The topological polar surface area (TPSA) is 58.1 Å². The predicted octanol–water partition coefficient (Wildman–Crippen LogP) is 3.02. The summed E-state index contributed by atoms with van der Waals surface area (Å²) < 4.78 is 15.3. The number of hydrogen-bond donors (Lipinski definition) is 3. The maximum absolute atomic E-state index is 13.0. The van der Waals surface area contributed by atoms with Gasteiger partial charge in [-0.3, -0.25) is 4.79 Å². The van der Waals surface area contributed by atoms with Crippen molar-refractivity contribution in [1.82, 2.24) is 20.7 Å². The summed E-state index contributed by atoms with van der Waals surface area (Å²) in [7, 11) is 0. The van der Waals surface area contributed by atoms with Gasteiger partial charge in [-0.05, 0) is 42.1 Å². The van der Waals surface area contributed by atoms with Crippen LogP contribution in [0.5, 0.6) is 0 Å². The summed E-state index contributed by atoms with van der Waals surface area (Å²) in [6.07, 6.45) is 0.843. The first-order valence-corrected chi connectivity index (χ1v) is 9.27. The van der Waals surface area contributed by atoms with Gasteiger partial charge in [0.15, 0.2) is 0 Å². The van der Waals surface area contributed by atoms with Gasteiger partial charge in [-0.2, -0.15) is 0 Å². The molecule has 2 atom stereocenters. The lowest BCUT2D eigenvalue weighted by Gasteiger charge is -2.14. The van der Waals surface area contributed by atoms with Gasteiger partial charge in [-0.1, -0.05) is 30.3 Å². The minimum atomic E-state index is -0.296. The molecule has 1 amide bonds. The first kappa shape index (κ1) is 17.7. The van der Waals surface area contributed by atoms with Crippen LogP contribution in [0.2, 0.25) is 0 Å². The fourth-order valence-corrected chi connectivity index (χ4v) is 3.75. The molecule has 1 aliphatic rings. The molecule has 2 unspecified atom stereocenters. The van der Waals surface area contributed by atoms with E-state index in [0.717, 1.165) is 18.5 Å². The Kier molecular flexibility index (Phi) is 4.92. The first-order valence-electron chi connectivity index (χ1n) is 9.27. The van der Waals surface area contributed by atoms with Crippen molar-refractivity contribution in [1.29, 1.82) is 0 Å². The van der Waals surface area contributed by atoms with Gasteiger partial charge in [-0.15, -0.1) is 0 Å². The second kappa shape index (κ2) is 7.50. The van der Waals surface area contributed by atoms with E-state index in [0.29, 0.717) is 0 Å². The zero-order chi connectivity index (χ0) is 18.8. The van der Waals surface area contributed by atoms with Crippen LogP contribution in [-0.2, 0) is 17.8 Å². The molecule has 27 heavy (non-hydrogen) atoms. The Labute approximate surface area is 157 Å². The smallest absolute Gasteiger partial charge is 0.225 e. The SMILES string of the molecule is CCn1c(C2CC(NC(=O)Cc3ccc(F)cc3)NN2)cc2ccccc21. The summed E-state index contributed by atoms with van der Waals surface area (Å²) in [5.41, 5.74) is 9.70. The Bertz CT molecular complexity index is 950. The summed E-state index contributed by atoms with van der Waals surface area (Å²) in [5, 5.41) is 4.22. The van der Waals surface area contributed by atoms with Crippen LogP contribution in [0.3, 0.4) is 0 Å². The van der Waals surface area contributed by atoms with Gasteiger partial charge in [-0.25, -0.2) is 15.2 Å². The summed E-state index contributed by atoms with van der Waals surface area (Å²) in [6.45, 7) is 3.03. The van der Waals surface area contributed by atoms with Gasteiger partial charge < -0.3 is 9.88 Å². The van der Waals surface area contributed by atoms with Crippen LogP contribution < -0.4 is 16.2 Å². The van der Waals surface area contributed by atoms with Gasteiger partial charge in [0.1, 0.15) is 5.82 Å². The van der Waals surface area contributed by atoms with Crippen LogP contribution in [0.4, 0.5) is 4.39 Å². The zero-order valence-corrected chi connectivity index (χ0v) is 15.2. The molecule has 0 aliphatic carbocycles. The van der Waals surface area contributed by atoms with E-state index in [2.05, 4.69) is 51.9 Å². The summed E-state index contributed by atoms with van der Waals surface area (Å²) in [5.74, 6) is -0.382. The molecule has 0 spiro atoms. The van der Waals surface area contributed by atoms with Crippen LogP contribution >= 0.6 is 0 Å². The van der Waals surface area contributed by atoms with E-state index in [9.17, 15) is 9.18 Å². The van der Waals surface area contributed by atoms with Crippen LogP contribution in [-0.4, -0.2) is 16.6 Å². The van der Waals surface area contributed by atoms with Crippen LogP contribution in [0.1, 0.15) is 30.6 Å². The Morgan fingerprint density at radius 2 is 1.96 bits per heavy atom. The molecule has 6 heteroatoms. The van der Waals surface area contributed by atoms with Gasteiger partial charge in [0, 0.05) is 24.2 Å². The van der Waals surface area contributed by atoms with Crippen molar-refractivity contribution in [2.24, 2.45) is 0 Å². The summed E-state index contributed by atoms with van der Waals surface area (Å²) >= 11 is 0. The maximum Gasteiger partial charge on any atom is 0.225 e. The molecule has 1 aliphatic heterocycles. The fraction of sp³-hybridized carbons (Fsp3) is 0.286. The average Bonchev–Trinajstić information content (AvgIpc) is 3.27. The molecule has 4 rings (SSSR count). The molecule has 3 N–H and O–H groups in total. The van der Waals surface area contributed by atoms with E-state index in [4.69, 9.17) is 0 Å². The van der Waals surface area contributed by atoms with Crippen LogP contribution in [0.15, 0.2) is 54.6 Å². The Morgan fingerprint density at radius 1 is 1.19 bits per heavy atom. The number of halogens is 1. The minimum Gasteiger partial charge on any atom is -0.343 e. The lowest BCUT2D eigenvalue weighted by Crippen LogP contribution is -2.44. The number of aromatic nitrogens is 1. The highest BCUT2D eigenvalue weighted by Crippen LogP contribution is 2.28. The zero-order valence-electron chi connectivity index (χ0n) is 15.2. The van der Waals surface area contributed by atoms with E-state index < -0.39 is 0 Å². The standard InChI is InChI=1S/C21H23FN4O/c1-2-26-18-6-4-3-5-15(18)12-19(26)17-13-20(25-24-17)23-21(27)11-14-7-9-16(22)10-8-14/h3-10,12,17,20,24-25H,2,11,13H2,1H3,(H,23,27). The lowest BCUT2D eigenvalue weighted by molar-refractivity contribution is -0.121. The molecule has 2 heterocycles. The van der Waals surface area contributed by atoms with Crippen molar-refractivity contribution >= 4 is 16.8 Å². The van der Waals surface area contributed by atoms with E-state index in [1.165, 1.54) is 28.7 Å². The normalized spacial score (nSPS) is 19.5. The second-order valence-electron chi connectivity index (χ2n) is 6.87. The molecule has 0 saturated carbocycles. The molecule has 1 saturated heterocycles. The first-order chi connectivity index (χ1) is 13.1. The van der Waals surface area contributed by atoms with E-state index in [1.807, 2.05) is 6.07 Å². The number of carbonyl (C=O) groups is 1. The van der Waals surface area contributed by atoms with Gasteiger partial charge in [0.25, 0.3) is 0 Å². The highest BCUT2D eigenvalue weighted by Gasteiger charge is 2.28. The fourth-order valence-electron chi connectivity index (χ4n) is 3.75. The molecular formula is C21H23FN4O. The molecule has 1 fully saturated rings. The van der Waals surface area contributed by atoms with Crippen molar-refractivity contribution in [3.63, 3.8) is 0 Å². The Hall–Kier alpha value is -2.70. The van der Waals surface area contributed by atoms with Crippen molar-refractivity contribution in [2.75, 3.05) is 0 Å². The van der Waals surface area contributed by atoms with Crippen molar-refractivity contribution in [3.8, 4) is 0 Å². The number of hydrazine groups is 1. The number of amides is 1. The Balaban J connectivity index is 1.41. The van der Waals surface area contributed by atoms with Gasteiger partial charge >= 0.3 is 0 Å².